The van der Waals surface area contributed by atoms with Gasteiger partial charge in [0.2, 0.25) is 0 Å². The molecule has 0 heterocycles. The maximum atomic E-state index is 12.1. The second-order valence-electron chi connectivity index (χ2n) is 4.83. The highest BCUT2D eigenvalue weighted by Crippen LogP contribution is 2.22. The van der Waals surface area contributed by atoms with E-state index < -0.39 is 10.8 Å². The zero-order chi connectivity index (χ0) is 13.5. The fourth-order valence-corrected chi connectivity index (χ4v) is 3.83. The molecule has 0 N–H and O–H groups in total. The summed E-state index contributed by atoms with van der Waals surface area (Å²) in [5, 5.41) is 9.16. The number of hydrogen-bond donors (Lipinski definition) is 0. The molecule has 0 aromatic heterocycles. The van der Waals surface area contributed by atoms with Crippen molar-refractivity contribution in [1.29, 1.82) is 5.26 Å². The topological polar surface area (TPSA) is 50.1 Å². The first-order valence-corrected chi connectivity index (χ1v) is 8.18. The predicted molar refractivity (Wildman–Crippen MR) is 76.5 cm³/mol. The van der Waals surface area contributed by atoms with Crippen LogP contribution in [0.15, 0.2) is 24.3 Å². The van der Waals surface area contributed by atoms with E-state index in [-0.39, 0.29) is 0 Å². The third-order valence-corrected chi connectivity index (χ3v) is 5.22. The molecular formula is C15H19NO2S. The van der Waals surface area contributed by atoms with Gasteiger partial charge in [-0.1, -0.05) is 25.3 Å². The van der Waals surface area contributed by atoms with E-state index in [2.05, 4.69) is 6.07 Å². The Bertz CT molecular complexity index is 475. The van der Waals surface area contributed by atoms with Crippen LogP contribution < -0.4 is 4.74 Å². The molecule has 2 rings (SSSR count). The van der Waals surface area contributed by atoms with E-state index in [0.29, 0.717) is 28.9 Å². The van der Waals surface area contributed by atoms with E-state index in [1.807, 2.05) is 6.07 Å². The number of ether oxygens (including phenoxy) is 1. The molecule has 1 atom stereocenters. The summed E-state index contributed by atoms with van der Waals surface area (Å²) in [5.41, 5.74) is 0.589. The van der Waals surface area contributed by atoms with E-state index in [1.165, 1.54) is 19.3 Å². The highest BCUT2D eigenvalue weighted by molar-refractivity contribution is 7.85. The molecule has 1 aliphatic carbocycles. The Kier molecular flexibility index (Phi) is 5.41. The molecule has 19 heavy (non-hydrogen) atoms. The van der Waals surface area contributed by atoms with Gasteiger partial charge in [0.15, 0.2) is 0 Å². The summed E-state index contributed by atoms with van der Waals surface area (Å²) >= 11 is 0. The lowest BCUT2D eigenvalue weighted by molar-refractivity contribution is 0.342. The van der Waals surface area contributed by atoms with Crippen LogP contribution in [0, 0.1) is 11.3 Å². The van der Waals surface area contributed by atoms with E-state index in [0.717, 1.165) is 12.8 Å². The second-order valence-corrected chi connectivity index (χ2v) is 6.67. The first-order valence-electron chi connectivity index (χ1n) is 6.80. The Labute approximate surface area is 117 Å². The van der Waals surface area contributed by atoms with Gasteiger partial charge in [-0.3, -0.25) is 4.21 Å². The average molecular weight is 277 g/mol. The molecule has 0 radical (unpaired) electrons. The van der Waals surface area contributed by atoms with Crippen molar-refractivity contribution in [3.8, 4) is 11.8 Å². The molecule has 0 spiro atoms. The van der Waals surface area contributed by atoms with Crippen molar-refractivity contribution < 1.29 is 8.95 Å². The third-order valence-electron chi connectivity index (χ3n) is 3.44. The van der Waals surface area contributed by atoms with Crippen LogP contribution in [-0.4, -0.2) is 21.8 Å². The van der Waals surface area contributed by atoms with Crippen LogP contribution in [0.25, 0.3) is 0 Å². The molecule has 0 bridgehead atoms. The van der Waals surface area contributed by atoms with Crippen LogP contribution in [-0.2, 0) is 10.8 Å². The average Bonchev–Trinajstić information content (AvgIpc) is 2.48. The molecular weight excluding hydrogens is 258 g/mol. The Balaban J connectivity index is 1.76. The van der Waals surface area contributed by atoms with E-state index in [9.17, 15) is 4.21 Å². The van der Waals surface area contributed by atoms with E-state index in [1.54, 1.807) is 18.2 Å². The first-order chi connectivity index (χ1) is 9.29. The fourth-order valence-electron chi connectivity index (χ4n) is 2.39. The maximum Gasteiger partial charge on any atom is 0.120 e. The minimum atomic E-state index is -0.777. The van der Waals surface area contributed by atoms with Crippen LogP contribution in [0.1, 0.15) is 37.7 Å². The fraction of sp³-hybridized carbons (Fsp3) is 0.533. The molecule has 0 saturated heterocycles. The summed E-state index contributed by atoms with van der Waals surface area (Å²) in [7, 11) is -0.777. The summed E-state index contributed by atoms with van der Waals surface area (Å²) in [4.78, 5) is 0. The molecule has 1 saturated carbocycles. The van der Waals surface area contributed by atoms with Gasteiger partial charge < -0.3 is 4.74 Å². The minimum Gasteiger partial charge on any atom is -0.493 e. The number of rotatable bonds is 5. The van der Waals surface area contributed by atoms with Crippen LogP contribution in [0.2, 0.25) is 0 Å². The van der Waals surface area contributed by atoms with Gasteiger partial charge in [-0.2, -0.15) is 5.26 Å². The summed E-state index contributed by atoms with van der Waals surface area (Å²) < 4.78 is 17.7. The smallest absolute Gasteiger partial charge is 0.120 e. The molecule has 0 aliphatic heterocycles. The zero-order valence-corrected chi connectivity index (χ0v) is 11.8. The van der Waals surface area contributed by atoms with Gasteiger partial charge >= 0.3 is 0 Å². The summed E-state index contributed by atoms with van der Waals surface area (Å²) in [6.07, 6.45) is 5.89. The van der Waals surface area contributed by atoms with Gasteiger partial charge in [0.05, 0.1) is 24.0 Å². The molecule has 4 heteroatoms. The lowest BCUT2D eigenvalue weighted by Crippen LogP contribution is -2.23. The van der Waals surface area contributed by atoms with Crippen LogP contribution in [0.3, 0.4) is 0 Å². The van der Waals surface area contributed by atoms with E-state index >= 15 is 0 Å². The van der Waals surface area contributed by atoms with Crippen LogP contribution in [0.5, 0.6) is 5.75 Å². The maximum absolute atomic E-state index is 12.1. The molecule has 1 aromatic carbocycles. The Morgan fingerprint density at radius 3 is 2.84 bits per heavy atom. The lowest BCUT2D eigenvalue weighted by Gasteiger charge is -2.20. The van der Waals surface area contributed by atoms with Gasteiger partial charge in [-0.15, -0.1) is 0 Å². The van der Waals surface area contributed by atoms with Crippen LogP contribution >= 0.6 is 0 Å². The molecule has 1 aromatic rings. The molecule has 3 nitrogen and oxygen atoms in total. The Morgan fingerprint density at radius 2 is 2.11 bits per heavy atom. The van der Waals surface area contributed by atoms with Crippen molar-refractivity contribution in [1.82, 2.24) is 0 Å². The van der Waals surface area contributed by atoms with Gasteiger partial charge in [0.1, 0.15) is 5.75 Å². The summed E-state index contributed by atoms with van der Waals surface area (Å²) in [5.74, 6) is 1.27. The van der Waals surface area contributed by atoms with Gasteiger partial charge in [-0.25, -0.2) is 0 Å². The third kappa shape index (κ3) is 4.36. The Hall–Kier alpha value is -1.34. The van der Waals surface area contributed by atoms with Crippen molar-refractivity contribution in [2.75, 3.05) is 12.4 Å². The minimum absolute atomic E-state index is 0.364. The van der Waals surface area contributed by atoms with Crippen molar-refractivity contribution in [3.63, 3.8) is 0 Å². The second kappa shape index (κ2) is 7.30. The lowest BCUT2D eigenvalue weighted by atomic mass is 10.0. The van der Waals surface area contributed by atoms with Crippen molar-refractivity contribution >= 4 is 10.8 Å². The predicted octanol–water partition coefficient (Wildman–Crippen LogP) is 3.02. The van der Waals surface area contributed by atoms with Gasteiger partial charge in [-0.05, 0) is 31.0 Å². The number of nitriles is 1. The van der Waals surface area contributed by atoms with Crippen molar-refractivity contribution in [2.45, 2.75) is 37.4 Å². The van der Waals surface area contributed by atoms with E-state index in [4.69, 9.17) is 10.00 Å². The summed E-state index contributed by atoms with van der Waals surface area (Å²) in [6.45, 7) is 0.456. The zero-order valence-electron chi connectivity index (χ0n) is 11.0. The molecule has 1 aliphatic rings. The SMILES string of the molecule is N#Cc1cccc(OCCS(=O)C2CCCCC2)c1. The molecule has 102 valence electrons. The number of hydrogen-bond acceptors (Lipinski definition) is 3. The number of benzene rings is 1. The summed E-state index contributed by atoms with van der Waals surface area (Å²) in [6, 6.07) is 9.15. The highest BCUT2D eigenvalue weighted by atomic mass is 32.2. The normalized spacial score (nSPS) is 17.6. The largest absolute Gasteiger partial charge is 0.493 e. The highest BCUT2D eigenvalue weighted by Gasteiger charge is 2.19. The Morgan fingerprint density at radius 1 is 1.32 bits per heavy atom. The standard InChI is InChI=1S/C15H19NO2S/c16-12-13-5-4-6-14(11-13)18-9-10-19(17)15-7-2-1-3-8-15/h4-6,11,15H,1-3,7-10H2. The van der Waals surface area contributed by atoms with Crippen LogP contribution in [0.4, 0.5) is 0 Å². The molecule has 0 amide bonds. The quantitative estimate of drug-likeness (QED) is 0.831. The monoisotopic (exact) mass is 277 g/mol. The van der Waals surface area contributed by atoms with Gasteiger partial charge in [0.25, 0.3) is 0 Å². The number of nitrogens with zero attached hydrogens (tertiary/aromatic N) is 1. The van der Waals surface area contributed by atoms with Crippen molar-refractivity contribution in [3.05, 3.63) is 29.8 Å². The van der Waals surface area contributed by atoms with Crippen molar-refractivity contribution in [2.24, 2.45) is 0 Å². The van der Waals surface area contributed by atoms with Gasteiger partial charge in [0, 0.05) is 16.0 Å². The molecule has 1 unspecified atom stereocenters. The first kappa shape index (κ1) is 14.1. The molecule has 1 fully saturated rings.